The molecule has 0 aliphatic carbocycles. The first-order chi connectivity index (χ1) is 18.5. The van der Waals surface area contributed by atoms with Crippen molar-refractivity contribution in [2.45, 2.75) is 11.8 Å². The molecule has 0 aliphatic rings. The average Bonchev–Trinajstić information content (AvgIpc) is 3.40. The molecule has 1 aromatic heterocycles. The van der Waals surface area contributed by atoms with Crippen molar-refractivity contribution in [2.75, 3.05) is 37.2 Å². The summed E-state index contributed by atoms with van der Waals surface area (Å²) in [5.74, 6) is 1.30. The number of hydrogen-bond donors (Lipinski definition) is 2. The molecule has 3 aromatic carbocycles. The van der Waals surface area contributed by atoms with Gasteiger partial charge in [0.1, 0.15) is 22.8 Å². The van der Waals surface area contributed by atoms with Crippen LogP contribution in [0.2, 0.25) is 0 Å². The van der Waals surface area contributed by atoms with Crippen LogP contribution in [0.4, 0.5) is 10.8 Å². The molecule has 0 aliphatic heterocycles. The van der Waals surface area contributed by atoms with E-state index in [1.165, 1.54) is 37.3 Å². The molecule has 0 saturated heterocycles. The lowest BCUT2D eigenvalue weighted by Gasteiger charge is -2.13. The molecule has 2 amide bonds. The van der Waals surface area contributed by atoms with Crippen molar-refractivity contribution in [3.05, 3.63) is 77.7 Å². The first-order valence-corrected chi connectivity index (χ1v) is 13.6. The molecule has 0 unspecified atom stereocenters. The number of anilines is 2. The number of thiazole rings is 1. The van der Waals surface area contributed by atoms with Crippen molar-refractivity contribution in [2.24, 2.45) is 0 Å². The van der Waals surface area contributed by atoms with Crippen molar-refractivity contribution >= 4 is 45.7 Å². The summed E-state index contributed by atoms with van der Waals surface area (Å²) < 4.78 is 16.1. The maximum atomic E-state index is 13.0. The van der Waals surface area contributed by atoms with Crippen LogP contribution in [0.1, 0.15) is 17.3 Å². The van der Waals surface area contributed by atoms with Gasteiger partial charge in [-0.15, -0.1) is 23.1 Å². The molecule has 38 heavy (non-hydrogen) atoms. The lowest BCUT2D eigenvalue weighted by atomic mass is 10.1. The van der Waals surface area contributed by atoms with E-state index in [0.717, 1.165) is 21.9 Å². The summed E-state index contributed by atoms with van der Waals surface area (Å²) in [4.78, 5) is 30.9. The number of nitrogens with zero attached hydrogens (tertiary/aromatic N) is 1. The van der Waals surface area contributed by atoms with E-state index in [1.54, 1.807) is 24.3 Å². The molecule has 0 fully saturated rings. The number of ether oxygens (including phenoxy) is 3. The topological polar surface area (TPSA) is 98.8 Å². The van der Waals surface area contributed by atoms with Gasteiger partial charge in [0.05, 0.1) is 32.3 Å². The summed E-state index contributed by atoms with van der Waals surface area (Å²) in [6, 6.07) is 20.1. The Morgan fingerprint density at radius 1 is 0.947 bits per heavy atom. The highest BCUT2D eigenvalue weighted by atomic mass is 32.2. The van der Waals surface area contributed by atoms with E-state index in [4.69, 9.17) is 14.2 Å². The van der Waals surface area contributed by atoms with Gasteiger partial charge in [0.15, 0.2) is 5.13 Å². The minimum atomic E-state index is -0.355. The highest BCUT2D eigenvalue weighted by Gasteiger charge is 2.18. The van der Waals surface area contributed by atoms with E-state index < -0.39 is 0 Å². The molecule has 4 aromatic rings. The van der Waals surface area contributed by atoms with Gasteiger partial charge >= 0.3 is 0 Å². The Balaban J connectivity index is 1.33. The van der Waals surface area contributed by atoms with Crippen LogP contribution in [-0.4, -0.2) is 43.4 Å². The first-order valence-electron chi connectivity index (χ1n) is 11.7. The van der Waals surface area contributed by atoms with Gasteiger partial charge in [-0.3, -0.25) is 9.59 Å². The second-order valence-corrected chi connectivity index (χ2v) is 9.76. The molecule has 196 valence electrons. The van der Waals surface area contributed by atoms with Crippen LogP contribution in [0.5, 0.6) is 17.2 Å². The number of aromatic nitrogens is 1. The molecule has 0 saturated carbocycles. The van der Waals surface area contributed by atoms with Gasteiger partial charge in [-0.25, -0.2) is 4.98 Å². The normalized spacial score (nSPS) is 10.5. The highest BCUT2D eigenvalue weighted by Crippen LogP contribution is 2.30. The zero-order valence-electron chi connectivity index (χ0n) is 21.1. The van der Waals surface area contributed by atoms with Crippen LogP contribution in [0.15, 0.2) is 77.0 Å². The Morgan fingerprint density at radius 3 is 2.34 bits per heavy atom. The monoisotopic (exact) mass is 549 g/mol. The van der Waals surface area contributed by atoms with E-state index in [2.05, 4.69) is 15.6 Å². The zero-order chi connectivity index (χ0) is 26.9. The SMILES string of the molecule is CCOc1ccc(-c2csc(NC(=O)CSc3cccc(NC(=O)c4c(OC)cccc4OC)c3)n2)cc1. The van der Waals surface area contributed by atoms with Gasteiger partial charge in [0.2, 0.25) is 5.91 Å². The minimum Gasteiger partial charge on any atom is -0.496 e. The summed E-state index contributed by atoms with van der Waals surface area (Å²) >= 11 is 2.73. The van der Waals surface area contributed by atoms with E-state index in [9.17, 15) is 9.59 Å². The van der Waals surface area contributed by atoms with Crippen LogP contribution in [0.3, 0.4) is 0 Å². The van der Waals surface area contributed by atoms with Crippen molar-refractivity contribution in [1.29, 1.82) is 0 Å². The molecule has 4 rings (SSSR count). The van der Waals surface area contributed by atoms with Crippen LogP contribution in [-0.2, 0) is 4.79 Å². The summed E-state index contributed by atoms with van der Waals surface area (Å²) in [6.07, 6.45) is 0. The second-order valence-electron chi connectivity index (χ2n) is 7.85. The van der Waals surface area contributed by atoms with Crippen LogP contribution in [0.25, 0.3) is 11.3 Å². The third-order valence-corrected chi connectivity index (χ3v) is 7.08. The van der Waals surface area contributed by atoms with Crippen LogP contribution >= 0.6 is 23.1 Å². The molecule has 0 radical (unpaired) electrons. The zero-order valence-corrected chi connectivity index (χ0v) is 22.8. The minimum absolute atomic E-state index is 0.171. The second kappa shape index (κ2) is 13.0. The van der Waals surface area contributed by atoms with Crippen LogP contribution < -0.4 is 24.8 Å². The van der Waals surface area contributed by atoms with Crippen LogP contribution in [0, 0.1) is 0 Å². The largest absolute Gasteiger partial charge is 0.496 e. The van der Waals surface area contributed by atoms with Gasteiger partial charge in [-0.1, -0.05) is 12.1 Å². The van der Waals surface area contributed by atoms with Crippen molar-refractivity contribution in [3.8, 4) is 28.5 Å². The molecule has 8 nitrogen and oxygen atoms in total. The summed E-state index contributed by atoms with van der Waals surface area (Å²) in [6.45, 7) is 2.55. The fraction of sp³-hybridized carbons (Fsp3) is 0.179. The molecular weight excluding hydrogens is 522 g/mol. The number of methoxy groups -OCH3 is 2. The average molecular weight is 550 g/mol. The molecule has 10 heteroatoms. The molecule has 1 heterocycles. The summed E-state index contributed by atoms with van der Waals surface area (Å²) in [5.41, 5.74) is 2.64. The first kappa shape index (κ1) is 27.0. The molecular formula is C28H27N3O5S2. The van der Waals surface area contributed by atoms with Gasteiger partial charge in [-0.05, 0) is 61.5 Å². The smallest absolute Gasteiger partial charge is 0.263 e. The number of amides is 2. The standard InChI is InChI=1S/C28H27N3O5S2/c1-4-36-20-13-11-18(12-14-20)22-16-38-28(30-22)31-25(32)17-37-21-8-5-7-19(15-21)29-27(33)26-23(34-2)9-6-10-24(26)35-3/h5-16H,4,17H2,1-3H3,(H,29,33)(H,30,31,32). The van der Waals surface area contributed by atoms with Gasteiger partial charge in [0.25, 0.3) is 5.91 Å². The van der Waals surface area contributed by atoms with E-state index >= 15 is 0 Å². The number of hydrogen-bond acceptors (Lipinski definition) is 8. The number of benzene rings is 3. The lowest BCUT2D eigenvalue weighted by molar-refractivity contribution is -0.113. The fourth-order valence-corrected chi connectivity index (χ4v) is 5.08. The fourth-order valence-electron chi connectivity index (χ4n) is 3.59. The van der Waals surface area contributed by atoms with E-state index in [1.807, 2.05) is 54.8 Å². The molecule has 0 bridgehead atoms. The maximum Gasteiger partial charge on any atom is 0.263 e. The Hall–Kier alpha value is -4.02. The number of carbonyl (C=O) groups is 2. The number of nitrogens with one attached hydrogen (secondary N) is 2. The van der Waals surface area contributed by atoms with Crippen molar-refractivity contribution in [3.63, 3.8) is 0 Å². The Morgan fingerprint density at radius 2 is 1.66 bits per heavy atom. The lowest BCUT2D eigenvalue weighted by Crippen LogP contribution is -2.15. The predicted octanol–water partition coefficient (Wildman–Crippen LogP) is 6.21. The van der Waals surface area contributed by atoms with Gasteiger partial charge < -0.3 is 24.8 Å². The summed E-state index contributed by atoms with van der Waals surface area (Å²) in [7, 11) is 3.00. The Kier molecular flexibility index (Phi) is 9.23. The van der Waals surface area contributed by atoms with E-state index in [0.29, 0.717) is 34.5 Å². The van der Waals surface area contributed by atoms with Crippen molar-refractivity contribution < 1.29 is 23.8 Å². The van der Waals surface area contributed by atoms with Gasteiger partial charge in [-0.2, -0.15) is 0 Å². The quantitative estimate of drug-likeness (QED) is 0.215. The third kappa shape index (κ3) is 6.84. The Bertz CT molecular complexity index is 1380. The highest BCUT2D eigenvalue weighted by molar-refractivity contribution is 8.00. The van der Waals surface area contributed by atoms with E-state index in [-0.39, 0.29) is 17.6 Å². The number of thioether (sulfide) groups is 1. The van der Waals surface area contributed by atoms with Gasteiger partial charge in [0, 0.05) is 21.5 Å². The Labute approximate surface area is 229 Å². The number of rotatable bonds is 11. The molecule has 2 N–H and O–H groups in total. The predicted molar refractivity (Wildman–Crippen MR) is 152 cm³/mol. The summed E-state index contributed by atoms with van der Waals surface area (Å²) in [5, 5.41) is 8.17. The van der Waals surface area contributed by atoms with Crippen molar-refractivity contribution in [1.82, 2.24) is 4.98 Å². The maximum absolute atomic E-state index is 13.0. The molecule has 0 atom stereocenters. The third-order valence-electron chi connectivity index (χ3n) is 5.33. The number of carbonyl (C=O) groups excluding carboxylic acids is 2. The molecule has 0 spiro atoms.